The average molecular weight is 293 g/mol. The summed E-state index contributed by atoms with van der Waals surface area (Å²) >= 11 is 6.66. The molecular formula is C10H13ClN2O2S2. The fourth-order valence-electron chi connectivity index (χ4n) is 3.01. The Balaban J connectivity index is 1.76. The second-order valence-corrected chi connectivity index (χ2v) is 8.39. The lowest BCUT2D eigenvalue weighted by Gasteiger charge is -2.22. The predicted octanol–water partition coefficient (Wildman–Crippen LogP) is 2.26. The first-order chi connectivity index (χ1) is 8.04. The molecule has 1 heterocycles. The fraction of sp³-hybridized carbons (Fsp3) is 0.700. The van der Waals surface area contributed by atoms with Gasteiger partial charge in [-0.1, -0.05) is 29.4 Å². The van der Waals surface area contributed by atoms with Gasteiger partial charge in [-0.05, 0) is 31.1 Å². The Morgan fingerprint density at radius 2 is 2.24 bits per heavy atom. The minimum Gasteiger partial charge on any atom is -0.232 e. The molecule has 2 saturated carbocycles. The van der Waals surface area contributed by atoms with Crippen LogP contribution in [0.1, 0.15) is 25.7 Å². The Morgan fingerprint density at radius 1 is 1.41 bits per heavy atom. The van der Waals surface area contributed by atoms with E-state index >= 15 is 0 Å². The molecule has 2 aliphatic rings. The van der Waals surface area contributed by atoms with Crippen LogP contribution in [-0.4, -0.2) is 19.4 Å². The highest BCUT2D eigenvalue weighted by atomic mass is 35.5. The smallest absolute Gasteiger partial charge is 0.232 e. The van der Waals surface area contributed by atoms with Crippen molar-refractivity contribution in [3.8, 4) is 0 Å². The molecule has 94 valence electrons. The molecule has 1 aromatic heterocycles. The van der Waals surface area contributed by atoms with Crippen LogP contribution in [0.25, 0.3) is 0 Å². The van der Waals surface area contributed by atoms with E-state index in [1.54, 1.807) is 0 Å². The van der Waals surface area contributed by atoms with Crippen molar-refractivity contribution in [3.05, 3.63) is 10.7 Å². The number of rotatable bonds is 3. The lowest BCUT2D eigenvalue weighted by molar-refractivity contribution is 0.390. The minimum atomic E-state index is -3.42. The zero-order valence-corrected chi connectivity index (χ0v) is 11.5. The van der Waals surface area contributed by atoms with Gasteiger partial charge in [-0.15, -0.1) is 0 Å². The number of nitrogens with zero attached hydrogens (tertiary/aromatic N) is 1. The molecule has 0 spiro atoms. The number of fused-ring (bicyclic) bond motifs is 2. The van der Waals surface area contributed by atoms with Gasteiger partial charge in [0, 0.05) is 6.04 Å². The van der Waals surface area contributed by atoms with Gasteiger partial charge in [-0.25, -0.2) is 18.1 Å². The molecule has 2 fully saturated rings. The molecule has 3 atom stereocenters. The molecule has 0 aromatic carbocycles. The van der Waals surface area contributed by atoms with Crippen LogP contribution < -0.4 is 4.72 Å². The van der Waals surface area contributed by atoms with Gasteiger partial charge in [0.25, 0.3) is 10.0 Å². The van der Waals surface area contributed by atoms with Gasteiger partial charge in [0.05, 0.1) is 6.20 Å². The molecule has 2 aliphatic carbocycles. The molecule has 0 radical (unpaired) electrons. The number of nitrogens with one attached hydrogen (secondary N) is 1. The SMILES string of the molecule is O=S(=O)(NC1CC2CCC1C2)c1cnc(Cl)s1. The number of aromatic nitrogens is 1. The van der Waals surface area contributed by atoms with Crippen molar-refractivity contribution in [2.24, 2.45) is 11.8 Å². The Labute approximate surface area is 109 Å². The Hall–Kier alpha value is -0.170. The van der Waals surface area contributed by atoms with Crippen LogP contribution in [0.5, 0.6) is 0 Å². The van der Waals surface area contributed by atoms with Crippen LogP contribution in [0.2, 0.25) is 4.47 Å². The van der Waals surface area contributed by atoms with E-state index in [4.69, 9.17) is 11.6 Å². The van der Waals surface area contributed by atoms with Crippen molar-refractivity contribution in [3.63, 3.8) is 0 Å². The first kappa shape index (κ1) is 11.9. The van der Waals surface area contributed by atoms with Crippen molar-refractivity contribution < 1.29 is 8.42 Å². The maximum atomic E-state index is 12.1. The highest BCUT2D eigenvalue weighted by molar-refractivity contribution is 7.91. The summed E-state index contributed by atoms with van der Waals surface area (Å²) in [5.74, 6) is 1.25. The normalized spacial score (nSPS) is 32.2. The molecule has 3 unspecified atom stereocenters. The molecule has 17 heavy (non-hydrogen) atoms. The molecule has 4 nitrogen and oxygen atoms in total. The molecule has 3 rings (SSSR count). The Kier molecular flexibility index (Phi) is 2.93. The fourth-order valence-corrected chi connectivity index (χ4v) is 5.64. The van der Waals surface area contributed by atoms with Crippen LogP contribution in [-0.2, 0) is 10.0 Å². The number of hydrogen-bond donors (Lipinski definition) is 1. The van der Waals surface area contributed by atoms with Crippen LogP contribution in [0.4, 0.5) is 0 Å². The molecule has 1 N–H and O–H groups in total. The largest absolute Gasteiger partial charge is 0.251 e. The van der Waals surface area contributed by atoms with E-state index in [-0.39, 0.29) is 14.7 Å². The Bertz CT molecular complexity index is 528. The molecule has 1 aromatic rings. The summed E-state index contributed by atoms with van der Waals surface area (Å²) in [7, 11) is -3.42. The van der Waals surface area contributed by atoms with Gasteiger partial charge >= 0.3 is 0 Å². The third-order valence-corrected chi connectivity index (χ3v) is 6.83. The second-order valence-electron chi connectivity index (χ2n) is 4.83. The summed E-state index contributed by atoms with van der Waals surface area (Å²) < 4.78 is 27.4. The summed E-state index contributed by atoms with van der Waals surface area (Å²) in [5, 5.41) is 0. The van der Waals surface area contributed by atoms with Crippen molar-refractivity contribution in [1.82, 2.24) is 9.71 Å². The minimum absolute atomic E-state index is 0.111. The van der Waals surface area contributed by atoms with Crippen molar-refractivity contribution >= 4 is 33.0 Å². The van der Waals surface area contributed by atoms with Crippen molar-refractivity contribution in [2.45, 2.75) is 35.9 Å². The summed E-state index contributed by atoms with van der Waals surface area (Å²) in [6.07, 6.45) is 5.90. The van der Waals surface area contributed by atoms with Crippen LogP contribution >= 0.6 is 22.9 Å². The van der Waals surface area contributed by atoms with E-state index in [0.717, 1.165) is 30.1 Å². The monoisotopic (exact) mass is 292 g/mol. The van der Waals surface area contributed by atoms with Gasteiger partial charge in [0.1, 0.15) is 0 Å². The predicted molar refractivity (Wildman–Crippen MR) is 66.7 cm³/mol. The van der Waals surface area contributed by atoms with Gasteiger partial charge in [0.2, 0.25) is 0 Å². The zero-order chi connectivity index (χ0) is 12.0. The summed E-state index contributed by atoms with van der Waals surface area (Å²) in [6.45, 7) is 0. The van der Waals surface area contributed by atoms with E-state index in [1.807, 2.05) is 0 Å². The van der Waals surface area contributed by atoms with Crippen LogP contribution in [0.15, 0.2) is 10.4 Å². The summed E-state index contributed by atoms with van der Waals surface area (Å²) in [6, 6.07) is 0.111. The number of sulfonamides is 1. The Morgan fingerprint density at radius 3 is 2.76 bits per heavy atom. The highest BCUT2D eigenvalue weighted by Gasteiger charge is 2.41. The topological polar surface area (TPSA) is 59.1 Å². The third-order valence-electron chi connectivity index (χ3n) is 3.77. The zero-order valence-electron chi connectivity index (χ0n) is 9.10. The van der Waals surface area contributed by atoms with Crippen LogP contribution in [0.3, 0.4) is 0 Å². The molecule has 7 heteroatoms. The van der Waals surface area contributed by atoms with E-state index < -0.39 is 10.0 Å². The van der Waals surface area contributed by atoms with Gasteiger partial charge in [-0.2, -0.15) is 0 Å². The molecule has 0 saturated heterocycles. The lowest BCUT2D eigenvalue weighted by Crippen LogP contribution is -2.38. The summed E-state index contributed by atoms with van der Waals surface area (Å²) in [4.78, 5) is 3.77. The van der Waals surface area contributed by atoms with E-state index in [1.165, 1.54) is 19.0 Å². The maximum absolute atomic E-state index is 12.1. The number of hydrogen-bond acceptors (Lipinski definition) is 4. The van der Waals surface area contributed by atoms with E-state index in [9.17, 15) is 8.42 Å². The number of halogens is 1. The molecular weight excluding hydrogens is 280 g/mol. The van der Waals surface area contributed by atoms with Gasteiger partial charge in [0.15, 0.2) is 8.68 Å². The van der Waals surface area contributed by atoms with Crippen molar-refractivity contribution in [2.75, 3.05) is 0 Å². The van der Waals surface area contributed by atoms with E-state index in [0.29, 0.717) is 5.92 Å². The van der Waals surface area contributed by atoms with Gasteiger partial charge in [-0.3, -0.25) is 0 Å². The molecule has 0 amide bonds. The summed E-state index contributed by atoms with van der Waals surface area (Å²) in [5.41, 5.74) is 0. The third kappa shape index (κ3) is 2.23. The number of thiazole rings is 1. The van der Waals surface area contributed by atoms with Gasteiger partial charge < -0.3 is 0 Å². The quantitative estimate of drug-likeness (QED) is 0.930. The average Bonchev–Trinajstić information content (AvgIpc) is 2.92. The highest BCUT2D eigenvalue weighted by Crippen LogP contribution is 2.44. The molecule has 2 bridgehead atoms. The van der Waals surface area contributed by atoms with Crippen LogP contribution in [0, 0.1) is 11.8 Å². The molecule has 0 aliphatic heterocycles. The first-order valence-electron chi connectivity index (χ1n) is 5.68. The first-order valence-corrected chi connectivity index (χ1v) is 8.36. The second kappa shape index (κ2) is 4.19. The van der Waals surface area contributed by atoms with E-state index in [2.05, 4.69) is 9.71 Å². The lowest BCUT2D eigenvalue weighted by atomic mass is 9.96. The maximum Gasteiger partial charge on any atom is 0.251 e. The van der Waals surface area contributed by atoms with Crippen molar-refractivity contribution in [1.29, 1.82) is 0 Å². The standard InChI is InChI=1S/C10H13ClN2O2S2/c11-10-12-5-9(16-10)17(14,15)13-8-4-6-1-2-7(8)3-6/h5-8,13H,1-4H2.